The maximum absolute atomic E-state index is 12.3. The molecule has 0 aromatic heterocycles. The minimum absolute atomic E-state index is 0.0197. The van der Waals surface area contributed by atoms with Gasteiger partial charge < -0.3 is 10.2 Å². The van der Waals surface area contributed by atoms with E-state index in [9.17, 15) is 4.79 Å². The summed E-state index contributed by atoms with van der Waals surface area (Å²) < 4.78 is 0.852. The van der Waals surface area contributed by atoms with Crippen molar-refractivity contribution in [3.8, 4) is 0 Å². The Morgan fingerprint density at radius 1 is 1.26 bits per heavy atom. The van der Waals surface area contributed by atoms with Gasteiger partial charge in [0.25, 0.3) is 5.91 Å². The van der Waals surface area contributed by atoms with Gasteiger partial charge in [-0.25, -0.2) is 0 Å². The van der Waals surface area contributed by atoms with Gasteiger partial charge in [0.05, 0.1) is 5.56 Å². The van der Waals surface area contributed by atoms with Crippen LogP contribution in [-0.4, -0.2) is 37.0 Å². The second kappa shape index (κ2) is 6.53. The molecule has 0 radical (unpaired) electrons. The van der Waals surface area contributed by atoms with E-state index in [1.54, 1.807) is 0 Å². The lowest BCUT2D eigenvalue weighted by molar-refractivity contribution is 0.0882. The van der Waals surface area contributed by atoms with Gasteiger partial charge in [-0.15, -0.1) is 0 Å². The fourth-order valence-corrected chi connectivity index (χ4v) is 3.25. The molecule has 0 aliphatic heterocycles. The molecular formula is C15H21BrN2O. The highest BCUT2D eigenvalue weighted by molar-refractivity contribution is 9.10. The third kappa shape index (κ3) is 3.57. The first-order chi connectivity index (χ1) is 9.09. The molecular weight excluding hydrogens is 304 g/mol. The highest BCUT2D eigenvalue weighted by Gasteiger charge is 2.28. The van der Waals surface area contributed by atoms with Crippen LogP contribution in [0.2, 0.25) is 0 Å². The summed E-state index contributed by atoms with van der Waals surface area (Å²) in [5, 5.41) is 3.20. The van der Waals surface area contributed by atoms with Crippen molar-refractivity contribution < 1.29 is 4.79 Å². The number of hydrogen-bond acceptors (Lipinski definition) is 2. The molecule has 0 bridgehead atoms. The van der Waals surface area contributed by atoms with E-state index in [4.69, 9.17) is 0 Å². The predicted molar refractivity (Wildman–Crippen MR) is 81.3 cm³/mol. The zero-order chi connectivity index (χ0) is 13.8. The van der Waals surface area contributed by atoms with Crippen LogP contribution in [0.3, 0.4) is 0 Å². The largest absolute Gasteiger partial charge is 0.348 e. The predicted octanol–water partition coefficient (Wildman–Crippen LogP) is 3.05. The maximum atomic E-state index is 12.3. The Balaban J connectivity index is 2.07. The molecule has 1 saturated carbocycles. The monoisotopic (exact) mass is 324 g/mol. The summed E-state index contributed by atoms with van der Waals surface area (Å²) in [4.78, 5) is 14.6. The van der Waals surface area contributed by atoms with Gasteiger partial charge in [-0.1, -0.05) is 25.0 Å². The first-order valence-corrected chi connectivity index (χ1v) is 7.60. The first-order valence-electron chi connectivity index (χ1n) is 6.81. The molecule has 0 saturated heterocycles. The van der Waals surface area contributed by atoms with Gasteiger partial charge >= 0.3 is 0 Å². The van der Waals surface area contributed by atoms with E-state index in [0.717, 1.165) is 17.3 Å². The number of rotatable bonds is 3. The van der Waals surface area contributed by atoms with Gasteiger partial charge in [0.2, 0.25) is 0 Å². The lowest BCUT2D eigenvalue weighted by atomic mass is 9.89. The minimum atomic E-state index is 0.0197. The molecule has 1 N–H and O–H groups in total. The van der Waals surface area contributed by atoms with Crippen molar-refractivity contribution in [3.05, 3.63) is 34.3 Å². The fourth-order valence-electron chi connectivity index (χ4n) is 2.79. The molecule has 4 heteroatoms. The number of carbonyl (C=O) groups excluding carboxylic acids is 1. The molecule has 0 heterocycles. The molecule has 2 atom stereocenters. The number of nitrogens with one attached hydrogen (secondary N) is 1. The number of nitrogens with zero attached hydrogens (tertiary/aromatic N) is 1. The van der Waals surface area contributed by atoms with Crippen LogP contribution >= 0.6 is 15.9 Å². The van der Waals surface area contributed by atoms with Gasteiger partial charge in [0.15, 0.2) is 0 Å². The molecule has 3 nitrogen and oxygen atoms in total. The molecule has 2 unspecified atom stereocenters. The number of benzene rings is 1. The fraction of sp³-hybridized carbons (Fsp3) is 0.533. The van der Waals surface area contributed by atoms with Crippen LogP contribution in [0.4, 0.5) is 0 Å². The summed E-state index contributed by atoms with van der Waals surface area (Å²) >= 11 is 3.43. The Labute approximate surface area is 123 Å². The van der Waals surface area contributed by atoms with Crippen molar-refractivity contribution >= 4 is 21.8 Å². The van der Waals surface area contributed by atoms with Crippen molar-refractivity contribution in [2.75, 3.05) is 14.1 Å². The van der Waals surface area contributed by atoms with E-state index in [1.807, 2.05) is 24.3 Å². The number of hydrogen-bond donors (Lipinski definition) is 1. The number of carbonyl (C=O) groups is 1. The van der Waals surface area contributed by atoms with Crippen molar-refractivity contribution in [1.29, 1.82) is 0 Å². The minimum Gasteiger partial charge on any atom is -0.348 e. The molecule has 1 aromatic rings. The third-order valence-corrected chi connectivity index (χ3v) is 4.52. The van der Waals surface area contributed by atoms with Crippen LogP contribution in [0, 0.1) is 0 Å². The summed E-state index contributed by atoms with van der Waals surface area (Å²) in [6, 6.07) is 8.27. The SMILES string of the molecule is CN(C)C1CCCCC1NC(=O)c1ccccc1Br. The quantitative estimate of drug-likeness (QED) is 0.926. The lowest BCUT2D eigenvalue weighted by Crippen LogP contribution is -2.51. The normalized spacial score (nSPS) is 23.4. The molecule has 1 aliphatic rings. The standard InChI is InChI=1S/C15H21BrN2O/c1-18(2)14-10-6-5-9-13(14)17-15(19)11-7-3-4-8-12(11)16/h3-4,7-8,13-14H,5-6,9-10H2,1-2H3,(H,17,19). The summed E-state index contributed by atoms with van der Waals surface area (Å²) in [7, 11) is 4.18. The van der Waals surface area contributed by atoms with Crippen molar-refractivity contribution in [1.82, 2.24) is 10.2 Å². The molecule has 19 heavy (non-hydrogen) atoms. The van der Waals surface area contributed by atoms with Gasteiger partial charge in [0.1, 0.15) is 0 Å². The third-order valence-electron chi connectivity index (χ3n) is 3.83. The molecule has 1 amide bonds. The zero-order valence-corrected chi connectivity index (χ0v) is 13.1. The van der Waals surface area contributed by atoms with Crippen molar-refractivity contribution in [2.24, 2.45) is 0 Å². The highest BCUT2D eigenvalue weighted by atomic mass is 79.9. The highest BCUT2D eigenvalue weighted by Crippen LogP contribution is 2.23. The molecule has 0 spiro atoms. The lowest BCUT2D eigenvalue weighted by Gasteiger charge is -2.36. The van der Waals surface area contributed by atoms with Crippen LogP contribution in [-0.2, 0) is 0 Å². The zero-order valence-electron chi connectivity index (χ0n) is 11.5. The summed E-state index contributed by atoms with van der Waals surface area (Å²) in [5.41, 5.74) is 0.713. The number of amides is 1. The molecule has 1 aliphatic carbocycles. The summed E-state index contributed by atoms with van der Waals surface area (Å²) in [5.74, 6) is 0.0197. The Morgan fingerprint density at radius 2 is 1.95 bits per heavy atom. The Morgan fingerprint density at radius 3 is 2.63 bits per heavy atom. The van der Waals surface area contributed by atoms with E-state index in [1.165, 1.54) is 12.8 Å². The number of likely N-dealkylation sites (N-methyl/N-ethyl adjacent to an activating group) is 1. The van der Waals surface area contributed by atoms with E-state index in [2.05, 4.69) is 40.2 Å². The summed E-state index contributed by atoms with van der Waals surface area (Å²) in [6.45, 7) is 0. The average molecular weight is 325 g/mol. The van der Waals surface area contributed by atoms with E-state index < -0.39 is 0 Å². The second-order valence-electron chi connectivity index (χ2n) is 5.38. The van der Waals surface area contributed by atoms with Crippen molar-refractivity contribution in [3.63, 3.8) is 0 Å². The van der Waals surface area contributed by atoms with Crippen LogP contribution < -0.4 is 5.32 Å². The van der Waals surface area contributed by atoms with Gasteiger partial charge in [-0.2, -0.15) is 0 Å². The van der Waals surface area contributed by atoms with Crippen LogP contribution in [0.25, 0.3) is 0 Å². The van der Waals surface area contributed by atoms with Gasteiger partial charge in [0, 0.05) is 16.6 Å². The summed E-state index contributed by atoms with van der Waals surface area (Å²) in [6.07, 6.45) is 4.68. The molecule has 104 valence electrons. The Kier molecular flexibility index (Phi) is 4.99. The van der Waals surface area contributed by atoms with E-state index >= 15 is 0 Å². The molecule has 1 fully saturated rings. The second-order valence-corrected chi connectivity index (χ2v) is 6.23. The Hall–Kier alpha value is -0.870. The topological polar surface area (TPSA) is 32.3 Å². The van der Waals surface area contributed by atoms with Crippen LogP contribution in [0.15, 0.2) is 28.7 Å². The van der Waals surface area contributed by atoms with Gasteiger partial charge in [-0.05, 0) is 55.0 Å². The van der Waals surface area contributed by atoms with E-state index in [-0.39, 0.29) is 11.9 Å². The van der Waals surface area contributed by atoms with Gasteiger partial charge in [-0.3, -0.25) is 4.79 Å². The van der Waals surface area contributed by atoms with Crippen LogP contribution in [0.5, 0.6) is 0 Å². The smallest absolute Gasteiger partial charge is 0.252 e. The Bertz CT molecular complexity index is 448. The first kappa shape index (κ1) is 14.5. The average Bonchev–Trinajstić information content (AvgIpc) is 2.39. The van der Waals surface area contributed by atoms with Crippen LogP contribution in [0.1, 0.15) is 36.0 Å². The molecule has 1 aromatic carbocycles. The number of halogens is 1. The maximum Gasteiger partial charge on any atom is 0.252 e. The van der Waals surface area contributed by atoms with E-state index in [0.29, 0.717) is 11.6 Å². The van der Waals surface area contributed by atoms with Crippen molar-refractivity contribution in [2.45, 2.75) is 37.8 Å². The molecule has 2 rings (SSSR count).